The molecular formula is C14H26O6. The van der Waals surface area contributed by atoms with Crippen LogP contribution < -0.4 is 0 Å². The molecule has 0 aromatic heterocycles. The second-order valence-corrected chi connectivity index (χ2v) is 4.48. The minimum atomic E-state index is -1.27. The van der Waals surface area contributed by atoms with Crippen molar-refractivity contribution in [1.29, 1.82) is 0 Å². The molecule has 6 nitrogen and oxygen atoms in total. The fourth-order valence-corrected chi connectivity index (χ4v) is 1.64. The Kier molecular flexibility index (Phi) is 10.0. The van der Waals surface area contributed by atoms with Gasteiger partial charge in [-0.2, -0.15) is 0 Å². The van der Waals surface area contributed by atoms with E-state index in [1.54, 1.807) is 27.9 Å². The van der Waals surface area contributed by atoms with Crippen molar-refractivity contribution in [2.24, 2.45) is 5.41 Å². The molecule has 0 atom stereocenters. The zero-order chi connectivity index (χ0) is 15.4. The van der Waals surface area contributed by atoms with Crippen LogP contribution in [0.5, 0.6) is 0 Å². The highest BCUT2D eigenvalue weighted by atomic mass is 16.6. The first kappa shape index (κ1) is 18.9. The second-order valence-electron chi connectivity index (χ2n) is 4.48. The number of hydrogen-bond donors (Lipinski definition) is 0. The molecule has 0 aliphatic rings. The molecule has 0 aliphatic heterocycles. The van der Waals surface area contributed by atoms with Crippen molar-refractivity contribution in [1.82, 2.24) is 0 Å². The van der Waals surface area contributed by atoms with E-state index in [4.69, 9.17) is 18.9 Å². The average molecular weight is 290 g/mol. The van der Waals surface area contributed by atoms with Gasteiger partial charge >= 0.3 is 11.9 Å². The zero-order valence-corrected chi connectivity index (χ0v) is 12.9. The van der Waals surface area contributed by atoms with E-state index in [1.165, 1.54) is 0 Å². The topological polar surface area (TPSA) is 71.1 Å². The largest absolute Gasteiger partial charge is 0.465 e. The van der Waals surface area contributed by atoms with Crippen molar-refractivity contribution in [3.8, 4) is 0 Å². The number of hydrogen-bond acceptors (Lipinski definition) is 6. The van der Waals surface area contributed by atoms with Crippen LogP contribution in [-0.4, -0.2) is 52.1 Å². The number of esters is 2. The monoisotopic (exact) mass is 290 g/mol. The lowest BCUT2D eigenvalue weighted by atomic mass is 9.85. The van der Waals surface area contributed by atoms with Crippen LogP contribution in [0.25, 0.3) is 0 Å². The molecule has 0 bridgehead atoms. The average Bonchev–Trinajstić information content (AvgIpc) is 2.42. The van der Waals surface area contributed by atoms with Crippen molar-refractivity contribution in [3.05, 3.63) is 0 Å². The quantitative estimate of drug-likeness (QED) is 0.327. The summed E-state index contributed by atoms with van der Waals surface area (Å²) in [5, 5.41) is 0. The van der Waals surface area contributed by atoms with Crippen molar-refractivity contribution in [2.45, 2.75) is 33.6 Å². The Balaban J connectivity index is 4.39. The van der Waals surface area contributed by atoms with Crippen LogP contribution in [0, 0.1) is 5.41 Å². The van der Waals surface area contributed by atoms with Crippen molar-refractivity contribution < 1.29 is 28.5 Å². The Hall–Kier alpha value is -1.14. The van der Waals surface area contributed by atoms with Gasteiger partial charge in [-0.15, -0.1) is 0 Å². The van der Waals surface area contributed by atoms with Crippen molar-refractivity contribution >= 4 is 11.9 Å². The van der Waals surface area contributed by atoms with E-state index in [0.29, 0.717) is 32.7 Å². The maximum Gasteiger partial charge on any atom is 0.323 e. The first-order valence-corrected chi connectivity index (χ1v) is 6.94. The predicted molar refractivity (Wildman–Crippen MR) is 73.3 cm³/mol. The number of rotatable bonds is 11. The molecule has 20 heavy (non-hydrogen) atoms. The molecule has 0 saturated carbocycles. The summed E-state index contributed by atoms with van der Waals surface area (Å²) in [5.74, 6) is -1.09. The Bertz CT molecular complexity index is 271. The summed E-state index contributed by atoms with van der Waals surface area (Å²) in [6.45, 7) is 6.90. The first-order chi connectivity index (χ1) is 9.52. The fourth-order valence-electron chi connectivity index (χ4n) is 1.64. The number of carbonyl (C=O) groups is 2. The zero-order valence-electron chi connectivity index (χ0n) is 12.9. The normalized spacial score (nSPS) is 11.2. The lowest BCUT2D eigenvalue weighted by Gasteiger charge is -2.24. The van der Waals surface area contributed by atoms with Crippen LogP contribution >= 0.6 is 0 Å². The van der Waals surface area contributed by atoms with Gasteiger partial charge in [0.1, 0.15) is 0 Å². The molecule has 0 radical (unpaired) electrons. The van der Waals surface area contributed by atoms with E-state index >= 15 is 0 Å². The summed E-state index contributed by atoms with van der Waals surface area (Å²) in [6.07, 6.45) is 0.898. The van der Waals surface area contributed by atoms with Gasteiger partial charge in [-0.25, -0.2) is 0 Å². The Morgan fingerprint density at radius 3 is 1.95 bits per heavy atom. The maximum atomic E-state index is 12.0. The lowest BCUT2D eigenvalue weighted by molar-refractivity contribution is -0.171. The SMILES string of the molecule is CCOC(=O)C(C)(CCCOCCOC)C(=O)OCC. The molecule has 0 unspecified atom stereocenters. The summed E-state index contributed by atoms with van der Waals surface area (Å²) in [6, 6.07) is 0. The standard InChI is InChI=1S/C14H26O6/c1-5-19-12(15)14(3,13(16)20-6-2)8-7-9-18-11-10-17-4/h5-11H2,1-4H3. The predicted octanol–water partition coefficient (Wildman–Crippen LogP) is 1.56. The van der Waals surface area contributed by atoms with E-state index in [1.807, 2.05) is 0 Å². The molecule has 0 heterocycles. The van der Waals surface area contributed by atoms with Gasteiger partial charge in [0.2, 0.25) is 0 Å². The van der Waals surface area contributed by atoms with Gasteiger partial charge in [0.15, 0.2) is 5.41 Å². The van der Waals surface area contributed by atoms with E-state index in [2.05, 4.69) is 0 Å². The molecule has 0 rings (SSSR count). The Morgan fingerprint density at radius 2 is 1.50 bits per heavy atom. The highest BCUT2D eigenvalue weighted by Crippen LogP contribution is 2.27. The van der Waals surface area contributed by atoms with Crippen LogP contribution in [0.1, 0.15) is 33.6 Å². The van der Waals surface area contributed by atoms with Crippen LogP contribution in [0.3, 0.4) is 0 Å². The first-order valence-electron chi connectivity index (χ1n) is 6.94. The second kappa shape index (κ2) is 10.6. The molecule has 0 spiro atoms. The van der Waals surface area contributed by atoms with Gasteiger partial charge in [0, 0.05) is 13.7 Å². The van der Waals surface area contributed by atoms with Gasteiger partial charge in [0.25, 0.3) is 0 Å². The van der Waals surface area contributed by atoms with Gasteiger partial charge in [0.05, 0.1) is 26.4 Å². The third-order valence-corrected chi connectivity index (χ3v) is 2.85. The van der Waals surface area contributed by atoms with E-state index in [-0.39, 0.29) is 13.2 Å². The van der Waals surface area contributed by atoms with E-state index in [0.717, 1.165) is 0 Å². The molecule has 0 saturated heterocycles. The summed E-state index contributed by atoms with van der Waals surface area (Å²) < 4.78 is 20.1. The van der Waals surface area contributed by atoms with Crippen molar-refractivity contribution in [2.75, 3.05) is 40.1 Å². The van der Waals surface area contributed by atoms with Gasteiger partial charge in [-0.1, -0.05) is 0 Å². The maximum absolute atomic E-state index is 12.0. The molecule has 0 aliphatic carbocycles. The van der Waals surface area contributed by atoms with Crippen LogP contribution in [0.2, 0.25) is 0 Å². The van der Waals surface area contributed by atoms with Gasteiger partial charge in [-0.3, -0.25) is 9.59 Å². The molecule has 0 aromatic rings. The van der Waals surface area contributed by atoms with E-state index < -0.39 is 17.4 Å². The third kappa shape index (κ3) is 6.34. The Morgan fingerprint density at radius 1 is 0.950 bits per heavy atom. The minimum Gasteiger partial charge on any atom is -0.465 e. The van der Waals surface area contributed by atoms with Crippen LogP contribution in [0.4, 0.5) is 0 Å². The van der Waals surface area contributed by atoms with Gasteiger partial charge < -0.3 is 18.9 Å². The van der Waals surface area contributed by atoms with Crippen molar-refractivity contribution in [3.63, 3.8) is 0 Å². The van der Waals surface area contributed by atoms with E-state index in [9.17, 15) is 9.59 Å². The number of methoxy groups -OCH3 is 1. The number of carbonyl (C=O) groups excluding carboxylic acids is 2. The molecule has 0 fully saturated rings. The Labute approximate surface area is 120 Å². The smallest absolute Gasteiger partial charge is 0.323 e. The van der Waals surface area contributed by atoms with Crippen LogP contribution in [0.15, 0.2) is 0 Å². The molecule has 6 heteroatoms. The summed E-state index contributed by atoms with van der Waals surface area (Å²) in [7, 11) is 1.60. The highest BCUT2D eigenvalue weighted by molar-refractivity contribution is 5.99. The number of ether oxygens (including phenoxy) is 4. The third-order valence-electron chi connectivity index (χ3n) is 2.85. The van der Waals surface area contributed by atoms with Crippen LogP contribution in [-0.2, 0) is 28.5 Å². The fraction of sp³-hybridized carbons (Fsp3) is 0.857. The minimum absolute atomic E-state index is 0.234. The summed E-state index contributed by atoms with van der Waals surface area (Å²) in [5.41, 5.74) is -1.27. The highest BCUT2D eigenvalue weighted by Gasteiger charge is 2.43. The molecule has 0 N–H and O–H groups in total. The molecule has 0 aromatic carbocycles. The molecule has 118 valence electrons. The lowest BCUT2D eigenvalue weighted by Crippen LogP contribution is -2.39. The summed E-state index contributed by atoms with van der Waals surface area (Å²) >= 11 is 0. The summed E-state index contributed by atoms with van der Waals surface area (Å²) in [4.78, 5) is 23.9. The van der Waals surface area contributed by atoms with Gasteiger partial charge in [-0.05, 0) is 33.6 Å². The molecular weight excluding hydrogens is 264 g/mol. The molecule has 0 amide bonds.